The Morgan fingerprint density at radius 3 is 2.84 bits per heavy atom. The van der Waals surface area contributed by atoms with Crippen LogP contribution < -0.4 is 5.73 Å². The Bertz CT molecular complexity index is 749. The minimum absolute atomic E-state index is 0.248. The highest BCUT2D eigenvalue weighted by Gasteiger charge is 2.20. The van der Waals surface area contributed by atoms with Crippen molar-refractivity contribution in [2.24, 2.45) is 5.73 Å². The summed E-state index contributed by atoms with van der Waals surface area (Å²) in [5, 5.41) is 3.74. The fourth-order valence-corrected chi connectivity index (χ4v) is 3.75. The third kappa shape index (κ3) is 2.34. The van der Waals surface area contributed by atoms with E-state index in [9.17, 15) is 0 Å². The van der Waals surface area contributed by atoms with Crippen LogP contribution in [0.15, 0.2) is 38.5 Å². The first-order chi connectivity index (χ1) is 9.06. The highest BCUT2D eigenvalue weighted by Crippen LogP contribution is 2.35. The van der Waals surface area contributed by atoms with Crippen molar-refractivity contribution in [2.75, 3.05) is 0 Å². The van der Waals surface area contributed by atoms with Crippen LogP contribution in [0.5, 0.6) is 0 Å². The average Bonchev–Trinajstić information content (AvgIpc) is 2.94. The molecule has 0 fully saturated rings. The van der Waals surface area contributed by atoms with Crippen molar-refractivity contribution in [1.29, 1.82) is 0 Å². The van der Waals surface area contributed by atoms with Crippen molar-refractivity contribution in [3.8, 4) is 0 Å². The SMILES string of the molecule is Cc1c(C(N)c2cc(Br)cs2)oc2ccc(Cl)cc12. The van der Waals surface area contributed by atoms with Gasteiger partial charge in [0.05, 0.1) is 6.04 Å². The van der Waals surface area contributed by atoms with Gasteiger partial charge in [-0.3, -0.25) is 0 Å². The van der Waals surface area contributed by atoms with E-state index in [1.54, 1.807) is 11.3 Å². The molecule has 2 N–H and O–H groups in total. The van der Waals surface area contributed by atoms with Crippen molar-refractivity contribution in [1.82, 2.24) is 0 Å². The number of hydrogen-bond acceptors (Lipinski definition) is 3. The third-order valence-corrected chi connectivity index (χ3v) is 5.12. The summed E-state index contributed by atoms with van der Waals surface area (Å²) in [6.45, 7) is 2.01. The monoisotopic (exact) mass is 355 g/mol. The number of aryl methyl sites for hydroxylation is 1. The molecule has 0 saturated carbocycles. The number of rotatable bonds is 2. The summed E-state index contributed by atoms with van der Waals surface area (Å²) in [7, 11) is 0. The number of halogens is 2. The first-order valence-electron chi connectivity index (χ1n) is 5.74. The summed E-state index contributed by atoms with van der Waals surface area (Å²) < 4.78 is 6.93. The highest BCUT2D eigenvalue weighted by atomic mass is 79.9. The molecule has 1 atom stereocenters. The zero-order valence-electron chi connectivity index (χ0n) is 10.1. The van der Waals surface area contributed by atoms with Crippen molar-refractivity contribution in [3.63, 3.8) is 0 Å². The molecule has 0 bridgehead atoms. The standard InChI is InChI=1S/C14H11BrClNOS/c1-7-10-5-9(16)2-3-11(10)18-14(7)13(17)12-4-8(15)6-19-12/h2-6,13H,17H2,1H3. The van der Waals surface area contributed by atoms with Gasteiger partial charge in [-0.1, -0.05) is 11.6 Å². The molecular formula is C14H11BrClNOS. The van der Waals surface area contributed by atoms with Gasteiger partial charge in [-0.25, -0.2) is 0 Å². The van der Waals surface area contributed by atoms with Gasteiger partial charge < -0.3 is 10.2 Å². The fraction of sp³-hybridized carbons (Fsp3) is 0.143. The van der Waals surface area contributed by atoms with Crippen molar-refractivity contribution >= 4 is 49.8 Å². The van der Waals surface area contributed by atoms with Crippen LogP contribution in [0.2, 0.25) is 5.02 Å². The lowest BCUT2D eigenvalue weighted by Crippen LogP contribution is -2.10. The van der Waals surface area contributed by atoms with Crippen LogP contribution in [0.3, 0.4) is 0 Å². The maximum atomic E-state index is 6.30. The molecular weight excluding hydrogens is 346 g/mol. The largest absolute Gasteiger partial charge is 0.459 e. The first kappa shape index (κ1) is 13.2. The summed E-state index contributed by atoms with van der Waals surface area (Å²) in [4.78, 5) is 1.07. The maximum absolute atomic E-state index is 6.30. The minimum atomic E-state index is -0.248. The van der Waals surface area contributed by atoms with Crippen LogP contribution in [0.1, 0.15) is 22.2 Å². The van der Waals surface area contributed by atoms with Gasteiger partial charge in [0.25, 0.3) is 0 Å². The molecule has 5 heteroatoms. The van der Waals surface area contributed by atoms with Crippen molar-refractivity contribution in [2.45, 2.75) is 13.0 Å². The summed E-state index contributed by atoms with van der Waals surface area (Å²) in [6, 6.07) is 7.39. The number of benzene rings is 1. The lowest BCUT2D eigenvalue weighted by molar-refractivity contribution is 0.524. The van der Waals surface area contributed by atoms with Gasteiger partial charge in [-0.15, -0.1) is 11.3 Å². The Morgan fingerprint density at radius 1 is 1.37 bits per heavy atom. The van der Waals surface area contributed by atoms with Crippen LogP contribution in [-0.4, -0.2) is 0 Å². The Kier molecular flexibility index (Phi) is 3.43. The smallest absolute Gasteiger partial charge is 0.134 e. The molecule has 0 aliphatic carbocycles. The number of hydrogen-bond donors (Lipinski definition) is 1. The van der Waals surface area contributed by atoms with E-state index >= 15 is 0 Å². The van der Waals surface area contributed by atoms with Crippen LogP contribution >= 0.6 is 38.9 Å². The quantitative estimate of drug-likeness (QED) is 0.679. The van der Waals surface area contributed by atoms with Gasteiger partial charge in [0.1, 0.15) is 11.3 Å². The Morgan fingerprint density at radius 2 is 2.16 bits per heavy atom. The first-order valence-corrected chi connectivity index (χ1v) is 7.79. The van der Waals surface area contributed by atoms with E-state index in [-0.39, 0.29) is 6.04 Å². The van der Waals surface area contributed by atoms with Gasteiger partial charge in [0, 0.05) is 30.7 Å². The fourth-order valence-electron chi connectivity index (χ4n) is 2.13. The van der Waals surface area contributed by atoms with Crippen LogP contribution in [0, 0.1) is 6.92 Å². The van der Waals surface area contributed by atoms with E-state index in [0.29, 0.717) is 5.02 Å². The molecule has 0 spiro atoms. The molecule has 98 valence electrons. The Labute approximate surface area is 128 Å². The molecule has 19 heavy (non-hydrogen) atoms. The lowest BCUT2D eigenvalue weighted by Gasteiger charge is -2.07. The summed E-state index contributed by atoms with van der Waals surface area (Å²) in [5.74, 6) is 0.798. The second-order valence-electron chi connectivity index (χ2n) is 4.38. The number of fused-ring (bicyclic) bond motifs is 1. The summed E-state index contributed by atoms with van der Waals surface area (Å²) >= 11 is 11.1. The van der Waals surface area contributed by atoms with Crippen molar-refractivity contribution < 1.29 is 4.42 Å². The number of nitrogens with two attached hydrogens (primary N) is 1. The van der Waals surface area contributed by atoms with E-state index in [0.717, 1.165) is 31.6 Å². The van der Waals surface area contributed by atoms with E-state index in [1.807, 2.05) is 36.6 Å². The van der Waals surface area contributed by atoms with Gasteiger partial charge in [-0.2, -0.15) is 0 Å². The summed E-state index contributed by atoms with van der Waals surface area (Å²) in [5.41, 5.74) is 8.17. The normalized spacial score (nSPS) is 13.1. The zero-order chi connectivity index (χ0) is 13.6. The topological polar surface area (TPSA) is 39.2 Å². The second-order valence-corrected chi connectivity index (χ2v) is 6.67. The van der Waals surface area contributed by atoms with Gasteiger partial charge >= 0.3 is 0 Å². The lowest BCUT2D eigenvalue weighted by atomic mass is 10.1. The molecule has 0 aliphatic heterocycles. The van der Waals surface area contributed by atoms with E-state index < -0.39 is 0 Å². The molecule has 2 aromatic heterocycles. The van der Waals surface area contributed by atoms with Gasteiger partial charge in [0.15, 0.2) is 0 Å². The van der Waals surface area contributed by atoms with Crippen LogP contribution in [0.4, 0.5) is 0 Å². The molecule has 0 amide bonds. The molecule has 1 aromatic carbocycles. The van der Waals surface area contributed by atoms with Crippen molar-refractivity contribution in [3.05, 3.63) is 55.3 Å². The predicted molar refractivity (Wildman–Crippen MR) is 84.0 cm³/mol. The summed E-state index contributed by atoms with van der Waals surface area (Å²) in [6.07, 6.45) is 0. The maximum Gasteiger partial charge on any atom is 0.134 e. The predicted octanol–water partition coefficient (Wildman–Crippen LogP) is 5.27. The van der Waals surface area contributed by atoms with Crippen LogP contribution in [0.25, 0.3) is 11.0 Å². The third-order valence-electron chi connectivity index (χ3n) is 3.11. The Balaban J connectivity index is 2.12. The number of furan rings is 1. The van der Waals surface area contributed by atoms with Gasteiger partial charge in [0.2, 0.25) is 0 Å². The molecule has 1 unspecified atom stereocenters. The highest BCUT2D eigenvalue weighted by molar-refractivity contribution is 9.10. The molecule has 2 nitrogen and oxygen atoms in total. The molecule has 0 saturated heterocycles. The molecule has 0 aliphatic rings. The zero-order valence-corrected chi connectivity index (χ0v) is 13.3. The second kappa shape index (κ2) is 4.94. The Hall–Kier alpha value is -0.810. The van der Waals surface area contributed by atoms with E-state index in [4.69, 9.17) is 21.8 Å². The van der Waals surface area contributed by atoms with Crippen LogP contribution in [-0.2, 0) is 0 Å². The molecule has 2 heterocycles. The molecule has 0 radical (unpaired) electrons. The van der Waals surface area contributed by atoms with Gasteiger partial charge in [-0.05, 0) is 47.1 Å². The van der Waals surface area contributed by atoms with E-state index in [2.05, 4.69) is 15.9 Å². The van der Waals surface area contributed by atoms with E-state index in [1.165, 1.54) is 0 Å². The number of thiophene rings is 1. The molecule has 3 rings (SSSR count). The molecule has 3 aromatic rings. The minimum Gasteiger partial charge on any atom is -0.459 e. The average molecular weight is 357 g/mol.